The Balaban J connectivity index is 1.89. The van der Waals surface area contributed by atoms with Gasteiger partial charge in [0.25, 0.3) is 5.91 Å². The Morgan fingerprint density at radius 2 is 1.81 bits per heavy atom. The summed E-state index contributed by atoms with van der Waals surface area (Å²) in [4.78, 5) is 37.5. The zero-order valence-corrected chi connectivity index (χ0v) is 19.7. The summed E-state index contributed by atoms with van der Waals surface area (Å²) in [6, 6.07) is 7.05. The van der Waals surface area contributed by atoms with Crippen molar-refractivity contribution in [3.8, 4) is 5.75 Å². The zero-order valence-electron chi connectivity index (χ0n) is 18.9. The molecule has 1 aliphatic carbocycles. The van der Waals surface area contributed by atoms with Crippen LogP contribution in [0.2, 0.25) is 0 Å². The molecule has 1 aromatic heterocycles. The molecule has 8 heteroatoms. The van der Waals surface area contributed by atoms with E-state index in [1.165, 1.54) is 11.3 Å². The van der Waals surface area contributed by atoms with Crippen LogP contribution in [0.15, 0.2) is 24.3 Å². The van der Waals surface area contributed by atoms with E-state index in [2.05, 4.69) is 31.4 Å². The predicted octanol–water partition coefficient (Wildman–Crippen LogP) is 4.96. The van der Waals surface area contributed by atoms with Crippen molar-refractivity contribution < 1.29 is 24.2 Å². The first kappa shape index (κ1) is 23.8. The Morgan fingerprint density at radius 3 is 2.41 bits per heavy atom. The molecule has 0 unspecified atom stereocenters. The maximum Gasteiger partial charge on any atom is 0.303 e. The first-order valence-corrected chi connectivity index (χ1v) is 11.5. The molecule has 1 aromatic carbocycles. The Kier molecular flexibility index (Phi) is 7.23. The normalized spacial score (nSPS) is 15.6. The number of carbonyl (C=O) groups excluding carboxylic acids is 2. The molecule has 2 aromatic rings. The number of fused-ring (bicyclic) bond motifs is 1. The van der Waals surface area contributed by atoms with Gasteiger partial charge >= 0.3 is 5.97 Å². The van der Waals surface area contributed by atoms with Crippen LogP contribution >= 0.6 is 11.3 Å². The SMILES string of the molecule is COc1ccc(NC(=O)c2c(NC(=O)CCC(=O)O)sc3c2CC[C@@H](C(C)(C)C)C3)cc1. The summed E-state index contributed by atoms with van der Waals surface area (Å²) >= 11 is 1.43. The fourth-order valence-corrected chi connectivity index (χ4v) is 5.27. The van der Waals surface area contributed by atoms with Gasteiger partial charge in [0.1, 0.15) is 10.8 Å². The van der Waals surface area contributed by atoms with Crippen molar-refractivity contribution in [3.05, 3.63) is 40.3 Å². The lowest BCUT2D eigenvalue weighted by Crippen LogP contribution is -2.27. The Labute approximate surface area is 192 Å². The van der Waals surface area contributed by atoms with E-state index in [1.807, 2.05) is 0 Å². The van der Waals surface area contributed by atoms with Gasteiger partial charge < -0.3 is 20.5 Å². The van der Waals surface area contributed by atoms with E-state index in [1.54, 1.807) is 31.4 Å². The summed E-state index contributed by atoms with van der Waals surface area (Å²) in [5.41, 5.74) is 2.24. The summed E-state index contributed by atoms with van der Waals surface area (Å²) in [6.07, 6.45) is 2.21. The molecule has 0 radical (unpaired) electrons. The lowest BCUT2D eigenvalue weighted by atomic mass is 9.72. The Hall–Kier alpha value is -2.87. The fourth-order valence-electron chi connectivity index (χ4n) is 3.93. The number of thiophene rings is 1. The number of carbonyl (C=O) groups is 3. The van der Waals surface area contributed by atoms with Crippen molar-refractivity contribution in [2.75, 3.05) is 17.7 Å². The molecule has 0 spiro atoms. The molecule has 0 saturated heterocycles. The van der Waals surface area contributed by atoms with E-state index in [4.69, 9.17) is 9.84 Å². The highest BCUT2D eigenvalue weighted by atomic mass is 32.1. The summed E-state index contributed by atoms with van der Waals surface area (Å²) in [7, 11) is 1.58. The molecule has 0 bridgehead atoms. The number of anilines is 2. The summed E-state index contributed by atoms with van der Waals surface area (Å²) in [6.45, 7) is 6.67. The smallest absolute Gasteiger partial charge is 0.303 e. The third-order valence-electron chi connectivity index (χ3n) is 5.88. The van der Waals surface area contributed by atoms with Crippen molar-refractivity contribution in [3.63, 3.8) is 0 Å². The van der Waals surface area contributed by atoms with Gasteiger partial charge in [0.05, 0.1) is 19.1 Å². The molecular formula is C24H30N2O5S. The number of hydrogen-bond donors (Lipinski definition) is 3. The second-order valence-electron chi connectivity index (χ2n) is 9.14. The van der Waals surface area contributed by atoms with Crippen LogP contribution in [0.25, 0.3) is 0 Å². The van der Waals surface area contributed by atoms with Crippen molar-refractivity contribution >= 4 is 39.8 Å². The summed E-state index contributed by atoms with van der Waals surface area (Å²) in [5, 5.41) is 15.1. The number of ether oxygens (including phenoxy) is 1. The number of carboxylic acid groups (broad SMARTS) is 1. The van der Waals surface area contributed by atoms with E-state index in [9.17, 15) is 14.4 Å². The van der Waals surface area contributed by atoms with E-state index < -0.39 is 11.9 Å². The zero-order chi connectivity index (χ0) is 23.5. The standard InChI is InChI=1S/C24H30N2O5S/c1-24(2,3)14-5-10-17-18(13-14)32-23(26-19(27)11-12-20(28)29)21(17)22(30)25-15-6-8-16(31-4)9-7-15/h6-9,14H,5,10-13H2,1-4H3,(H,25,30)(H,26,27)(H,28,29)/t14-/m1/s1. The molecule has 3 N–H and O–H groups in total. The van der Waals surface area contributed by atoms with Gasteiger partial charge in [-0.05, 0) is 60.4 Å². The number of benzene rings is 1. The number of amides is 2. The first-order chi connectivity index (χ1) is 15.1. The third-order valence-corrected chi connectivity index (χ3v) is 7.05. The number of hydrogen-bond acceptors (Lipinski definition) is 5. The maximum atomic E-state index is 13.3. The molecule has 32 heavy (non-hydrogen) atoms. The molecule has 1 heterocycles. The number of nitrogens with one attached hydrogen (secondary N) is 2. The van der Waals surface area contributed by atoms with Crippen molar-refractivity contribution in [1.29, 1.82) is 0 Å². The van der Waals surface area contributed by atoms with Crippen LogP contribution in [0, 0.1) is 11.3 Å². The fraction of sp³-hybridized carbons (Fsp3) is 0.458. The highest BCUT2D eigenvalue weighted by Crippen LogP contribution is 2.44. The summed E-state index contributed by atoms with van der Waals surface area (Å²) < 4.78 is 5.16. The Morgan fingerprint density at radius 1 is 1.12 bits per heavy atom. The predicted molar refractivity (Wildman–Crippen MR) is 126 cm³/mol. The molecule has 172 valence electrons. The first-order valence-electron chi connectivity index (χ1n) is 10.7. The highest BCUT2D eigenvalue weighted by molar-refractivity contribution is 7.17. The van der Waals surface area contributed by atoms with E-state index in [-0.39, 0.29) is 24.2 Å². The van der Waals surface area contributed by atoms with Crippen LogP contribution in [0.1, 0.15) is 60.8 Å². The largest absolute Gasteiger partial charge is 0.497 e. The van der Waals surface area contributed by atoms with Crippen LogP contribution in [-0.2, 0) is 22.4 Å². The molecule has 0 saturated carbocycles. The van der Waals surface area contributed by atoms with Gasteiger partial charge in [0.2, 0.25) is 5.91 Å². The van der Waals surface area contributed by atoms with Crippen LogP contribution in [0.4, 0.5) is 10.7 Å². The van der Waals surface area contributed by atoms with Gasteiger partial charge in [0.15, 0.2) is 0 Å². The van der Waals surface area contributed by atoms with Crippen LogP contribution in [0.5, 0.6) is 5.75 Å². The van der Waals surface area contributed by atoms with Gasteiger partial charge in [-0.15, -0.1) is 11.3 Å². The number of rotatable bonds is 7. The van der Waals surface area contributed by atoms with Crippen LogP contribution in [-0.4, -0.2) is 30.0 Å². The van der Waals surface area contributed by atoms with Crippen molar-refractivity contribution in [2.24, 2.45) is 11.3 Å². The number of methoxy groups -OCH3 is 1. The van der Waals surface area contributed by atoms with E-state index >= 15 is 0 Å². The van der Waals surface area contributed by atoms with Gasteiger partial charge in [-0.1, -0.05) is 20.8 Å². The lowest BCUT2D eigenvalue weighted by Gasteiger charge is -2.33. The van der Waals surface area contributed by atoms with Crippen molar-refractivity contribution in [1.82, 2.24) is 0 Å². The molecule has 0 fully saturated rings. The average Bonchev–Trinajstić information content (AvgIpc) is 3.09. The molecule has 3 rings (SSSR count). The second kappa shape index (κ2) is 9.73. The van der Waals surface area contributed by atoms with Gasteiger partial charge in [0, 0.05) is 17.0 Å². The molecule has 0 aliphatic heterocycles. The number of aliphatic carboxylic acids is 1. The maximum absolute atomic E-state index is 13.3. The number of carboxylic acids is 1. The minimum Gasteiger partial charge on any atom is -0.497 e. The molecule has 1 aliphatic rings. The van der Waals surface area contributed by atoms with E-state index in [0.717, 1.165) is 29.7 Å². The quantitative estimate of drug-likeness (QED) is 0.544. The molecule has 1 atom stereocenters. The minimum absolute atomic E-state index is 0.137. The van der Waals surface area contributed by atoms with Gasteiger partial charge in [-0.2, -0.15) is 0 Å². The van der Waals surface area contributed by atoms with E-state index in [0.29, 0.717) is 27.9 Å². The second-order valence-corrected chi connectivity index (χ2v) is 10.2. The lowest BCUT2D eigenvalue weighted by molar-refractivity contribution is -0.138. The van der Waals surface area contributed by atoms with Crippen LogP contribution < -0.4 is 15.4 Å². The molecular weight excluding hydrogens is 428 g/mol. The topological polar surface area (TPSA) is 105 Å². The third kappa shape index (κ3) is 5.68. The Bertz CT molecular complexity index is 1000. The molecule has 2 amide bonds. The summed E-state index contributed by atoms with van der Waals surface area (Å²) in [5.74, 6) is -0.541. The molecule has 7 nitrogen and oxygen atoms in total. The van der Waals surface area contributed by atoms with Gasteiger partial charge in [-0.25, -0.2) is 0 Å². The van der Waals surface area contributed by atoms with Crippen molar-refractivity contribution in [2.45, 2.75) is 52.9 Å². The minimum atomic E-state index is -1.03. The highest BCUT2D eigenvalue weighted by Gasteiger charge is 2.34. The average molecular weight is 459 g/mol. The van der Waals surface area contributed by atoms with Gasteiger partial charge in [-0.3, -0.25) is 14.4 Å². The monoisotopic (exact) mass is 458 g/mol. The van der Waals surface area contributed by atoms with Crippen LogP contribution in [0.3, 0.4) is 0 Å².